The molecule has 0 aromatic heterocycles. The Morgan fingerprint density at radius 3 is 2.00 bits per heavy atom. The molecule has 0 heterocycles. The van der Waals surface area contributed by atoms with E-state index in [1.54, 1.807) is 6.07 Å². The van der Waals surface area contributed by atoms with Crippen molar-refractivity contribution in [2.75, 3.05) is 0 Å². The van der Waals surface area contributed by atoms with E-state index in [9.17, 15) is 0 Å². The summed E-state index contributed by atoms with van der Waals surface area (Å²) in [6.45, 7) is 0. The molecule has 0 atom stereocenters. The van der Waals surface area contributed by atoms with E-state index in [-0.39, 0.29) is 0 Å². The van der Waals surface area contributed by atoms with Crippen LogP contribution in [0.25, 0.3) is 0 Å². The van der Waals surface area contributed by atoms with Crippen molar-refractivity contribution in [1.29, 1.82) is 0 Å². The SMILES string of the molecule is [B]c1cc([B])cc(CBr)c1. The van der Waals surface area contributed by atoms with Gasteiger partial charge in [0.05, 0.1) is 0 Å². The topological polar surface area (TPSA) is 0 Å². The second-order valence-corrected chi connectivity index (χ2v) is 2.70. The van der Waals surface area contributed by atoms with E-state index in [1.165, 1.54) is 0 Å². The van der Waals surface area contributed by atoms with E-state index >= 15 is 0 Å². The van der Waals surface area contributed by atoms with Gasteiger partial charge in [-0.25, -0.2) is 0 Å². The van der Waals surface area contributed by atoms with Gasteiger partial charge in [-0.15, -0.1) is 0 Å². The molecule has 0 spiro atoms. The first kappa shape index (κ1) is 7.93. The average molecular weight is 191 g/mol. The predicted octanol–water partition coefficient (Wildman–Crippen LogP) is 0.169. The molecule has 1 aromatic rings. The van der Waals surface area contributed by atoms with Crippen LogP contribution in [0.4, 0.5) is 0 Å². The van der Waals surface area contributed by atoms with Gasteiger partial charge in [0, 0.05) is 5.33 Å². The highest BCUT2D eigenvalue weighted by Crippen LogP contribution is 1.99. The molecule has 0 amide bonds. The van der Waals surface area contributed by atoms with Gasteiger partial charge < -0.3 is 0 Å². The second-order valence-electron chi connectivity index (χ2n) is 2.14. The Kier molecular flexibility index (Phi) is 2.61. The van der Waals surface area contributed by atoms with Gasteiger partial charge in [0.25, 0.3) is 0 Å². The van der Waals surface area contributed by atoms with Crippen LogP contribution in [0.15, 0.2) is 18.2 Å². The summed E-state index contributed by atoms with van der Waals surface area (Å²) in [7, 11) is 11.1. The van der Waals surface area contributed by atoms with Crippen molar-refractivity contribution in [3.05, 3.63) is 23.8 Å². The molecule has 0 N–H and O–H groups in total. The highest BCUT2D eigenvalue weighted by molar-refractivity contribution is 9.08. The minimum absolute atomic E-state index is 0.717. The van der Waals surface area contributed by atoms with Crippen LogP contribution < -0.4 is 10.9 Å². The largest absolute Gasteiger partial charge is 0.113 e. The fraction of sp³-hybridized carbons (Fsp3) is 0.143. The fourth-order valence-electron chi connectivity index (χ4n) is 0.823. The summed E-state index contributed by atoms with van der Waals surface area (Å²) < 4.78 is 0. The summed E-state index contributed by atoms with van der Waals surface area (Å²) >= 11 is 3.31. The Hall–Kier alpha value is -0.170. The molecule has 0 aliphatic rings. The molecule has 4 radical (unpaired) electrons. The summed E-state index contributed by atoms with van der Waals surface area (Å²) in [5.41, 5.74) is 2.54. The third-order valence-corrected chi connectivity index (χ3v) is 1.84. The summed E-state index contributed by atoms with van der Waals surface area (Å²) in [6.07, 6.45) is 0. The van der Waals surface area contributed by atoms with Gasteiger partial charge in [0.1, 0.15) is 15.7 Å². The van der Waals surface area contributed by atoms with E-state index in [2.05, 4.69) is 15.9 Å². The molecule has 0 bridgehead atoms. The molecule has 0 aliphatic carbocycles. The average Bonchev–Trinajstić information content (AvgIpc) is 1.85. The van der Waals surface area contributed by atoms with Gasteiger partial charge in [-0.1, -0.05) is 45.1 Å². The number of alkyl halides is 1. The van der Waals surface area contributed by atoms with E-state index in [1.807, 2.05) is 12.1 Å². The van der Waals surface area contributed by atoms with E-state index in [0.717, 1.165) is 21.8 Å². The van der Waals surface area contributed by atoms with Crippen LogP contribution >= 0.6 is 15.9 Å². The Labute approximate surface area is 72.0 Å². The zero-order valence-electron chi connectivity index (χ0n) is 5.47. The van der Waals surface area contributed by atoms with Crippen molar-refractivity contribution in [3.63, 3.8) is 0 Å². The molecular weight excluding hydrogens is 186 g/mol. The minimum atomic E-state index is 0.717. The highest BCUT2D eigenvalue weighted by atomic mass is 79.9. The van der Waals surface area contributed by atoms with Crippen molar-refractivity contribution in [2.24, 2.45) is 0 Å². The standard InChI is InChI=1S/C7H5B2Br/c8-6-1-5(4-10)2-7(9)3-6/h1-3H,4H2. The summed E-state index contributed by atoms with van der Waals surface area (Å²) in [4.78, 5) is 0. The van der Waals surface area contributed by atoms with Gasteiger partial charge in [-0.05, 0) is 5.56 Å². The van der Waals surface area contributed by atoms with Crippen molar-refractivity contribution in [2.45, 2.75) is 5.33 Å². The molecular formula is C7H5B2Br. The lowest BCUT2D eigenvalue weighted by atomic mass is 9.86. The van der Waals surface area contributed by atoms with Crippen molar-refractivity contribution < 1.29 is 0 Å². The number of halogens is 1. The molecule has 3 heteroatoms. The minimum Gasteiger partial charge on any atom is -0.0970 e. The van der Waals surface area contributed by atoms with Gasteiger partial charge in [0.2, 0.25) is 0 Å². The predicted molar refractivity (Wildman–Crippen MR) is 49.8 cm³/mol. The number of rotatable bonds is 1. The molecule has 0 nitrogen and oxygen atoms in total. The van der Waals surface area contributed by atoms with Gasteiger partial charge in [0.15, 0.2) is 0 Å². The molecule has 0 aliphatic heterocycles. The molecule has 1 rings (SSSR count). The number of hydrogen-bond acceptors (Lipinski definition) is 0. The Morgan fingerprint density at radius 1 is 1.10 bits per heavy atom. The van der Waals surface area contributed by atoms with Crippen molar-refractivity contribution >= 4 is 42.5 Å². The van der Waals surface area contributed by atoms with Crippen LogP contribution in [0.3, 0.4) is 0 Å². The van der Waals surface area contributed by atoms with E-state index in [0.29, 0.717) is 0 Å². The van der Waals surface area contributed by atoms with E-state index in [4.69, 9.17) is 15.7 Å². The molecule has 10 heavy (non-hydrogen) atoms. The first-order valence-electron chi connectivity index (χ1n) is 2.93. The third-order valence-electron chi connectivity index (χ3n) is 1.19. The monoisotopic (exact) mass is 190 g/mol. The van der Waals surface area contributed by atoms with Gasteiger partial charge >= 0.3 is 0 Å². The Balaban J connectivity index is 3.06. The number of benzene rings is 1. The molecule has 46 valence electrons. The zero-order chi connectivity index (χ0) is 7.56. The summed E-state index contributed by atoms with van der Waals surface area (Å²) in [5, 5.41) is 0.794. The lowest BCUT2D eigenvalue weighted by Crippen LogP contribution is -2.14. The lowest BCUT2D eigenvalue weighted by molar-refractivity contribution is 1.47. The first-order valence-corrected chi connectivity index (χ1v) is 4.05. The lowest BCUT2D eigenvalue weighted by Gasteiger charge is -2.00. The van der Waals surface area contributed by atoms with Crippen LogP contribution in [-0.2, 0) is 5.33 Å². The van der Waals surface area contributed by atoms with Crippen LogP contribution in [-0.4, -0.2) is 15.7 Å². The fourth-order valence-corrected chi connectivity index (χ4v) is 1.15. The van der Waals surface area contributed by atoms with Crippen LogP contribution in [0, 0.1) is 0 Å². The highest BCUT2D eigenvalue weighted by Gasteiger charge is 1.91. The maximum atomic E-state index is 5.53. The maximum Gasteiger partial charge on any atom is 0.113 e. The normalized spacial score (nSPS) is 9.70. The quantitative estimate of drug-likeness (QED) is 0.438. The van der Waals surface area contributed by atoms with Gasteiger partial charge in [-0.3, -0.25) is 0 Å². The number of hydrogen-bond donors (Lipinski definition) is 0. The van der Waals surface area contributed by atoms with Crippen molar-refractivity contribution in [1.82, 2.24) is 0 Å². The maximum absolute atomic E-state index is 5.53. The van der Waals surface area contributed by atoms with Crippen LogP contribution in [0.2, 0.25) is 0 Å². The molecule has 0 fully saturated rings. The summed E-state index contributed by atoms with van der Waals surface area (Å²) in [6, 6.07) is 5.53. The van der Waals surface area contributed by atoms with Gasteiger partial charge in [-0.2, -0.15) is 0 Å². The second kappa shape index (κ2) is 3.29. The van der Waals surface area contributed by atoms with Crippen LogP contribution in [0.1, 0.15) is 5.56 Å². The van der Waals surface area contributed by atoms with Crippen LogP contribution in [0.5, 0.6) is 0 Å². The Morgan fingerprint density at radius 2 is 1.60 bits per heavy atom. The molecule has 0 unspecified atom stereocenters. The molecule has 1 aromatic carbocycles. The molecule has 0 saturated heterocycles. The third kappa shape index (κ3) is 1.91. The zero-order valence-corrected chi connectivity index (χ0v) is 7.06. The Bertz CT molecular complexity index is 215. The first-order chi connectivity index (χ1) is 4.72. The van der Waals surface area contributed by atoms with E-state index < -0.39 is 0 Å². The van der Waals surface area contributed by atoms with Crippen molar-refractivity contribution in [3.8, 4) is 0 Å². The summed E-state index contributed by atoms with van der Waals surface area (Å²) in [5.74, 6) is 0. The molecule has 0 saturated carbocycles. The smallest absolute Gasteiger partial charge is 0.0970 e.